The van der Waals surface area contributed by atoms with E-state index in [4.69, 9.17) is 4.74 Å². The van der Waals surface area contributed by atoms with Crippen molar-refractivity contribution >= 4 is 17.7 Å². The molecule has 122 valence electrons. The molecule has 4 nitrogen and oxygen atoms in total. The predicted molar refractivity (Wildman–Crippen MR) is 86.5 cm³/mol. The highest BCUT2D eigenvalue weighted by Crippen LogP contribution is 2.33. The van der Waals surface area contributed by atoms with Crippen molar-refractivity contribution in [2.75, 3.05) is 19.4 Å². The van der Waals surface area contributed by atoms with Gasteiger partial charge in [0.05, 0.1) is 18.1 Å². The van der Waals surface area contributed by atoms with E-state index in [-0.39, 0.29) is 11.9 Å². The van der Waals surface area contributed by atoms with Gasteiger partial charge in [0.2, 0.25) is 0 Å². The van der Waals surface area contributed by atoms with Crippen LogP contribution in [0.3, 0.4) is 0 Å². The zero-order valence-electron chi connectivity index (χ0n) is 13.3. The quantitative estimate of drug-likeness (QED) is 0.737. The Morgan fingerprint density at radius 1 is 1.33 bits per heavy atom. The highest BCUT2D eigenvalue weighted by atomic mass is 32.2. The number of carbonyl (C=O) groups is 1. The second-order valence-corrected chi connectivity index (χ2v) is 7.64. The molecule has 2 aliphatic carbocycles. The lowest BCUT2D eigenvalue weighted by molar-refractivity contribution is -0.151. The first-order chi connectivity index (χ1) is 10.1. The van der Waals surface area contributed by atoms with Crippen LogP contribution in [0, 0.1) is 5.92 Å². The minimum absolute atomic E-state index is 0.0161. The SMILES string of the molecule is CCOC(=O)C1CCC(O)(CNC2CCC(SC)C2)CC1. The summed E-state index contributed by atoms with van der Waals surface area (Å²) in [4.78, 5) is 11.7. The molecule has 0 saturated heterocycles. The molecule has 0 bridgehead atoms. The van der Waals surface area contributed by atoms with E-state index in [1.807, 2.05) is 18.7 Å². The van der Waals surface area contributed by atoms with Gasteiger partial charge in [0.15, 0.2) is 0 Å². The Labute approximate surface area is 132 Å². The highest BCUT2D eigenvalue weighted by Gasteiger charge is 2.37. The summed E-state index contributed by atoms with van der Waals surface area (Å²) in [6.07, 6.45) is 8.77. The number of hydrogen-bond acceptors (Lipinski definition) is 5. The highest BCUT2D eigenvalue weighted by molar-refractivity contribution is 7.99. The molecular formula is C16H29NO3S. The first kappa shape index (κ1) is 17.1. The molecule has 0 radical (unpaired) electrons. The third-order valence-corrected chi connectivity index (χ3v) is 6.07. The summed E-state index contributed by atoms with van der Waals surface area (Å²) in [5.74, 6) is -0.108. The normalized spacial score (nSPS) is 36.6. The Morgan fingerprint density at radius 2 is 2.05 bits per heavy atom. The van der Waals surface area contributed by atoms with Gasteiger partial charge >= 0.3 is 5.97 Å². The van der Waals surface area contributed by atoms with Gasteiger partial charge in [-0.3, -0.25) is 4.79 Å². The molecule has 0 aromatic carbocycles. The van der Waals surface area contributed by atoms with Crippen LogP contribution in [-0.2, 0) is 9.53 Å². The number of carbonyl (C=O) groups excluding carboxylic acids is 1. The van der Waals surface area contributed by atoms with Crippen LogP contribution in [0.1, 0.15) is 51.9 Å². The van der Waals surface area contributed by atoms with Crippen LogP contribution in [0.15, 0.2) is 0 Å². The van der Waals surface area contributed by atoms with Gasteiger partial charge < -0.3 is 15.2 Å². The molecule has 2 saturated carbocycles. The molecule has 2 atom stereocenters. The van der Waals surface area contributed by atoms with Crippen LogP contribution in [0.2, 0.25) is 0 Å². The van der Waals surface area contributed by atoms with Gasteiger partial charge in [-0.15, -0.1) is 0 Å². The standard InChI is InChI=1S/C16H29NO3S/c1-3-20-15(18)12-6-8-16(19,9-7-12)11-17-13-4-5-14(10-13)21-2/h12-14,17,19H,3-11H2,1-2H3. The molecular weight excluding hydrogens is 286 g/mol. The fourth-order valence-electron chi connectivity index (χ4n) is 3.50. The predicted octanol–water partition coefficient (Wildman–Crippen LogP) is 2.34. The summed E-state index contributed by atoms with van der Waals surface area (Å²) in [6.45, 7) is 2.94. The summed E-state index contributed by atoms with van der Waals surface area (Å²) < 4.78 is 5.08. The monoisotopic (exact) mass is 315 g/mol. The minimum Gasteiger partial charge on any atom is -0.466 e. The van der Waals surface area contributed by atoms with Gasteiger partial charge in [0.25, 0.3) is 0 Å². The number of ether oxygens (including phenoxy) is 1. The van der Waals surface area contributed by atoms with Gasteiger partial charge in [-0.25, -0.2) is 0 Å². The fraction of sp³-hybridized carbons (Fsp3) is 0.938. The number of hydrogen-bond donors (Lipinski definition) is 2. The molecule has 0 heterocycles. The number of esters is 1. The molecule has 0 spiro atoms. The molecule has 0 aromatic heterocycles. The molecule has 0 amide bonds. The summed E-state index contributed by atoms with van der Waals surface area (Å²) in [6, 6.07) is 0.550. The molecule has 2 fully saturated rings. The van der Waals surface area contributed by atoms with Crippen LogP contribution < -0.4 is 5.32 Å². The minimum atomic E-state index is -0.638. The smallest absolute Gasteiger partial charge is 0.308 e. The molecule has 2 aliphatic rings. The Bertz CT molecular complexity index is 342. The van der Waals surface area contributed by atoms with Crippen molar-refractivity contribution < 1.29 is 14.6 Å². The van der Waals surface area contributed by atoms with Crippen molar-refractivity contribution in [3.05, 3.63) is 0 Å². The summed E-state index contributed by atoms with van der Waals surface area (Å²) in [5, 5.41) is 15.0. The van der Waals surface area contributed by atoms with E-state index < -0.39 is 5.60 Å². The Kier molecular flexibility index (Phi) is 6.38. The van der Waals surface area contributed by atoms with Crippen molar-refractivity contribution in [3.8, 4) is 0 Å². The van der Waals surface area contributed by atoms with E-state index in [2.05, 4.69) is 11.6 Å². The van der Waals surface area contributed by atoms with Gasteiger partial charge in [0, 0.05) is 17.8 Å². The third-order valence-electron chi connectivity index (χ3n) is 4.97. The molecule has 21 heavy (non-hydrogen) atoms. The van der Waals surface area contributed by atoms with Crippen LogP contribution in [0.4, 0.5) is 0 Å². The summed E-state index contributed by atoms with van der Waals surface area (Å²) in [7, 11) is 0. The van der Waals surface area contributed by atoms with Crippen LogP contribution in [-0.4, -0.2) is 47.4 Å². The first-order valence-electron chi connectivity index (χ1n) is 8.21. The summed E-state index contributed by atoms with van der Waals surface area (Å²) >= 11 is 1.95. The van der Waals surface area contributed by atoms with E-state index in [1.165, 1.54) is 19.3 Å². The van der Waals surface area contributed by atoms with E-state index in [0.717, 1.165) is 18.1 Å². The van der Waals surface area contributed by atoms with Gasteiger partial charge in [-0.2, -0.15) is 11.8 Å². The molecule has 0 aliphatic heterocycles. The number of nitrogens with one attached hydrogen (secondary N) is 1. The second kappa shape index (κ2) is 7.84. The third kappa shape index (κ3) is 4.86. The van der Waals surface area contributed by atoms with Gasteiger partial charge in [-0.05, 0) is 58.1 Å². The Balaban J connectivity index is 1.71. The lowest BCUT2D eigenvalue weighted by Crippen LogP contribution is -2.47. The lowest BCUT2D eigenvalue weighted by Gasteiger charge is -2.36. The Hall–Kier alpha value is -0.260. The lowest BCUT2D eigenvalue weighted by atomic mass is 9.78. The zero-order valence-corrected chi connectivity index (χ0v) is 14.1. The largest absolute Gasteiger partial charge is 0.466 e. The average Bonchev–Trinajstić information content (AvgIpc) is 2.94. The summed E-state index contributed by atoms with van der Waals surface area (Å²) in [5.41, 5.74) is -0.638. The molecule has 5 heteroatoms. The van der Waals surface area contributed by atoms with E-state index in [1.54, 1.807) is 0 Å². The topological polar surface area (TPSA) is 58.6 Å². The maximum Gasteiger partial charge on any atom is 0.308 e. The number of thioether (sulfide) groups is 1. The molecule has 2 rings (SSSR count). The first-order valence-corrected chi connectivity index (χ1v) is 9.50. The molecule has 2 N–H and O–H groups in total. The molecule has 2 unspecified atom stereocenters. The Morgan fingerprint density at radius 3 is 2.62 bits per heavy atom. The van der Waals surface area contributed by atoms with E-state index >= 15 is 0 Å². The van der Waals surface area contributed by atoms with Crippen LogP contribution >= 0.6 is 11.8 Å². The average molecular weight is 315 g/mol. The van der Waals surface area contributed by atoms with E-state index in [0.29, 0.717) is 32.0 Å². The number of rotatable bonds is 6. The zero-order chi connectivity index (χ0) is 15.3. The van der Waals surface area contributed by atoms with E-state index in [9.17, 15) is 9.90 Å². The van der Waals surface area contributed by atoms with Crippen molar-refractivity contribution in [3.63, 3.8) is 0 Å². The van der Waals surface area contributed by atoms with Crippen molar-refractivity contribution in [1.82, 2.24) is 5.32 Å². The van der Waals surface area contributed by atoms with Crippen LogP contribution in [0.25, 0.3) is 0 Å². The van der Waals surface area contributed by atoms with Crippen molar-refractivity contribution in [1.29, 1.82) is 0 Å². The molecule has 0 aromatic rings. The number of aliphatic hydroxyl groups is 1. The van der Waals surface area contributed by atoms with Crippen molar-refractivity contribution in [2.24, 2.45) is 5.92 Å². The second-order valence-electron chi connectivity index (χ2n) is 6.50. The van der Waals surface area contributed by atoms with Crippen LogP contribution in [0.5, 0.6) is 0 Å². The van der Waals surface area contributed by atoms with Gasteiger partial charge in [0.1, 0.15) is 0 Å². The maximum absolute atomic E-state index is 11.7. The van der Waals surface area contributed by atoms with Gasteiger partial charge in [-0.1, -0.05) is 0 Å². The van der Waals surface area contributed by atoms with Crippen molar-refractivity contribution in [2.45, 2.75) is 68.8 Å². The fourth-order valence-corrected chi connectivity index (χ4v) is 4.30. The maximum atomic E-state index is 11.7.